The van der Waals surface area contributed by atoms with Gasteiger partial charge >= 0.3 is 23.7 Å². The van der Waals surface area contributed by atoms with Gasteiger partial charge in [-0.1, -0.05) is 44.2 Å². The number of esters is 2. The summed E-state index contributed by atoms with van der Waals surface area (Å²) in [7, 11) is 0. The number of nitrogens with zero attached hydrogens (tertiary/aromatic N) is 5. The van der Waals surface area contributed by atoms with Gasteiger partial charge in [-0.3, -0.25) is 4.57 Å². The fourth-order valence-electron chi connectivity index (χ4n) is 5.04. The van der Waals surface area contributed by atoms with Crippen molar-refractivity contribution in [3.63, 3.8) is 0 Å². The van der Waals surface area contributed by atoms with Crippen molar-refractivity contribution in [3.8, 4) is 5.82 Å². The van der Waals surface area contributed by atoms with Gasteiger partial charge in [0.25, 0.3) is 0 Å². The molecule has 16 nitrogen and oxygen atoms in total. The van der Waals surface area contributed by atoms with E-state index < -0.39 is 66.2 Å². The molecular weight excluding hydrogens is 604 g/mol. The zero-order valence-electron chi connectivity index (χ0n) is 26.0. The van der Waals surface area contributed by atoms with Gasteiger partial charge < -0.3 is 33.7 Å². The number of aromatic nitrogens is 5. The van der Waals surface area contributed by atoms with Gasteiger partial charge in [0, 0.05) is 6.20 Å². The number of carbonyl (C=O) groups is 3. The Balaban J connectivity index is 1.17. The van der Waals surface area contributed by atoms with Gasteiger partial charge in [-0.2, -0.15) is 10.1 Å². The molecule has 3 aromatic rings. The average Bonchev–Trinajstić information content (AvgIpc) is 3.74. The minimum atomic E-state index is -1.31. The summed E-state index contributed by atoms with van der Waals surface area (Å²) < 4.78 is 36.8. The monoisotopic (exact) mass is 640 g/mol. The van der Waals surface area contributed by atoms with Crippen LogP contribution in [-0.4, -0.2) is 85.2 Å². The molecule has 2 aliphatic heterocycles. The molecule has 0 bridgehead atoms. The minimum absolute atomic E-state index is 0.0204. The fourth-order valence-corrected chi connectivity index (χ4v) is 5.04. The predicted octanol–water partition coefficient (Wildman–Crippen LogP) is 1.67. The van der Waals surface area contributed by atoms with Gasteiger partial charge in [0.1, 0.15) is 50.2 Å². The first-order valence-electron chi connectivity index (χ1n) is 14.7. The minimum Gasteiger partial charge on any atom is -0.460 e. The fraction of sp³-hybridized carbons (Fsp3) is 0.500. The highest BCUT2D eigenvalue weighted by atomic mass is 16.8. The third kappa shape index (κ3) is 7.58. The van der Waals surface area contributed by atoms with Gasteiger partial charge in [-0.05, 0) is 38.3 Å². The van der Waals surface area contributed by atoms with E-state index in [1.807, 2.05) is 18.2 Å². The van der Waals surface area contributed by atoms with Gasteiger partial charge in [-0.25, -0.2) is 28.8 Å². The van der Waals surface area contributed by atoms with Crippen LogP contribution in [-0.2, 0) is 44.6 Å². The first kappa shape index (κ1) is 32.7. The lowest BCUT2D eigenvalue weighted by Gasteiger charge is -2.25. The van der Waals surface area contributed by atoms with E-state index in [9.17, 15) is 19.2 Å². The lowest BCUT2D eigenvalue weighted by atomic mass is 10.1. The van der Waals surface area contributed by atoms with Gasteiger partial charge in [0.15, 0.2) is 23.9 Å². The summed E-state index contributed by atoms with van der Waals surface area (Å²) >= 11 is 0. The van der Waals surface area contributed by atoms with Crippen molar-refractivity contribution in [3.05, 3.63) is 71.3 Å². The van der Waals surface area contributed by atoms with E-state index in [4.69, 9.17) is 28.4 Å². The molecule has 0 aliphatic carbocycles. The SMILES string of the molecule is CC(C)[C@H](NC(=O)OCc1ccccc1)C(=O)O[C@@H](C)C(=O)OC[C@H]1O[C@@H](n2ccc(-n3cncn3)nc2=O)[C@@H]2OC(C)(C)O[C@@H]21. The number of amides is 1. The number of rotatable bonds is 11. The molecule has 5 rings (SSSR count). The summed E-state index contributed by atoms with van der Waals surface area (Å²) in [6, 6.07) is 9.56. The molecule has 2 aliphatic rings. The van der Waals surface area contributed by atoms with Crippen LogP contribution in [0.15, 0.2) is 60.0 Å². The quantitative estimate of drug-likeness (QED) is 0.236. The van der Waals surface area contributed by atoms with E-state index in [0.29, 0.717) is 0 Å². The number of hydrogen-bond donors (Lipinski definition) is 1. The van der Waals surface area contributed by atoms with Crippen LogP contribution in [0.1, 0.15) is 46.4 Å². The lowest BCUT2D eigenvalue weighted by Crippen LogP contribution is -2.47. The van der Waals surface area contributed by atoms with Crippen molar-refractivity contribution >= 4 is 18.0 Å². The third-order valence-electron chi connectivity index (χ3n) is 7.29. The van der Waals surface area contributed by atoms with Crippen LogP contribution in [0.4, 0.5) is 4.79 Å². The molecule has 2 fully saturated rings. The summed E-state index contributed by atoms with van der Waals surface area (Å²) in [5.41, 5.74) is 0.157. The van der Waals surface area contributed by atoms with E-state index in [1.165, 1.54) is 35.0 Å². The number of hydrogen-bond acceptors (Lipinski definition) is 13. The Morgan fingerprint density at radius 3 is 2.43 bits per heavy atom. The maximum atomic E-state index is 13.0. The molecule has 2 aromatic heterocycles. The highest BCUT2D eigenvalue weighted by Gasteiger charge is 2.56. The molecule has 0 spiro atoms. The lowest BCUT2D eigenvalue weighted by molar-refractivity contribution is -0.204. The van der Waals surface area contributed by atoms with Crippen molar-refractivity contribution in [1.82, 2.24) is 29.6 Å². The van der Waals surface area contributed by atoms with E-state index in [2.05, 4.69) is 20.4 Å². The number of nitrogens with one attached hydrogen (secondary N) is 1. The second-order valence-electron chi connectivity index (χ2n) is 11.6. The summed E-state index contributed by atoms with van der Waals surface area (Å²) in [5, 5.41) is 6.47. The van der Waals surface area contributed by atoms with E-state index >= 15 is 0 Å². The maximum absolute atomic E-state index is 13.0. The Labute approximate surface area is 263 Å². The van der Waals surface area contributed by atoms with Gasteiger partial charge in [0.2, 0.25) is 0 Å². The number of alkyl carbamates (subject to hydrolysis) is 1. The Kier molecular flexibility index (Phi) is 9.79. The van der Waals surface area contributed by atoms with Crippen molar-refractivity contribution in [1.29, 1.82) is 0 Å². The predicted molar refractivity (Wildman–Crippen MR) is 156 cm³/mol. The van der Waals surface area contributed by atoms with E-state index in [-0.39, 0.29) is 24.9 Å². The van der Waals surface area contributed by atoms with Gasteiger partial charge in [0.05, 0.1) is 0 Å². The zero-order chi connectivity index (χ0) is 33.0. The molecule has 6 atom stereocenters. The topological polar surface area (TPSA) is 184 Å². The average molecular weight is 641 g/mol. The van der Waals surface area contributed by atoms with E-state index in [1.54, 1.807) is 45.9 Å². The van der Waals surface area contributed by atoms with Crippen LogP contribution in [0.25, 0.3) is 5.82 Å². The smallest absolute Gasteiger partial charge is 0.408 e. The molecule has 0 unspecified atom stereocenters. The molecule has 4 heterocycles. The molecule has 1 aromatic carbocycles. The standard InChI is InChI=1S/C30H36N6O10/c1-17(2)22(34-29(40)42-13-19-9-7-6-8-10-19)27(38)43-18(3)26(37)41-14-20-23-24(46-30(4,5)45-23)25(44-20)35-12-11-21(33-28(35)39)36-16-31-15-32-36/h6-12,15-18,20,22-25H,13-14H2,1-5H3,(H,34,40)/t18-,20+,22-,23+,24+,25+/m0/s1. The van der Waals surface area contributed by atoms with Crippen LogP contribution >= 0.6 is 0 Å². The Morgan fingerprint density at radius 2 is 1.76 bits per heavy atom. The summed E-state index contributed by atoms with van der Waals surface area (Å²) in [6.45, 7) is 7.96. The number of carbonyl (C=O) groups excluding carboxylic acids is 3. The number of benzene rings is 1. The molecule has 1 N–H and O–H groups in total. The molecular formula is C30H36N6O10. The zero-order valence-corrected chi connectivity index (χ0v) is 26.0. The van der Waals surface area contributed by atoms with Crippen molar-refractivity contribution in [2.45, 2.75) is 83.7 Å². The van der Waals surface area contributed by atoms with Crippen molar-refractivity contribution in [2.75, 3.05) is 6.61 Å². The Bertz CT molecular complexity index is 1580. The highest BCUT2D eigenvalue weighted by Crippen LogP contribution is 2.42. The number of fused-ring (bicyclic) bond motifs is 1. The van der Waals surface area contributed by atoms with Crippen LogP contribution in [0, 0.1) is 5.92 Å². The summed E-state index contributed by atoms with van der Waals surface area (Å²) in [4.78, 5) is 59.0. The normalized spacial score (nSPS) is 22.9. The second kappa shape index (κ2) is 13.8. The molecule has 2 saturated heterocycles. The summed E-state index contributed by atoms with van der Waals surface area (Å²) in [5.74, 6) is -2.78. The van der Waals surface area contributed by atoms with Crippen LogP contribution in [0.2, 0.25) is 0 Å². The highest BCUT2D eigenvalue weighted by molar-refractivity contribution is 5.84. The maximum Gasteiger partial charge on any atom is 0.408 e. The molecule has 46 heavy (non-hydrogen) atoms. The molecule has 0 radical (unpaired) electrons. The molecule has 0 saturated carbocycles. The van der Waals surface area contributed by atoms with Crippen molar-refractivity contribution < 1.29 is 42.8 Å². The van der Waals surface area contributed by atoms with Crippen LogP contribution in [0.3, 0.4) is 0 Å². The molecule has 1 amide bonds. The van der Waals surface area contributed by atoms with E-state index in [0.717, 1.165) is 5.56 Å². The van der Waals surface area contributed by atoms with Crippen molar-refractivity contribution in [2.24, 2.45) is 5.92 Å². The molecule has 246 valence electrons. The van der Waals surface area contributed by atoms with Crippen LogP contribution in [0.5, 0.6) is 0 Å². The summed E-state index contributed by atoms with van der Waals surface area (Å²) in [6.07, 6.45) is -1.05. The number of ether oxygens (including phenoxy) is 6. The Hall–Kier alpha value is -4.67. The third-order valence-corrected chi connectivity index (χ3v) is 7.29. The molecule has 16 heteroatoms. The first-order chi connectivity index (χ1) is 21.9. The Morgan fingerprint density at radius 1 is 1.02 bits per heavy atom. The van der Waals surface area contributed by atoms with Gasteiger partial charge in [-0.15, -0.1) is 0 Å². The van der Waals surface area contributed by atoms with Crippen LogP contribution < -0.4 is 11.0 Å². The second-order valence-corrected chi connectivity index (χ2v) is 11.6. The first-order valence-corrected chi connectivity index (χ1v) is 14.7. The largest absolute Gasteiger partial charge is 0.460 e.